The van der Waals surface area contributed by atoms with Gasteiger partial charge in [-0.15, -0.1) is 0 Å². The lowest BCUT2D eigenvalue weighted by molar-refractivity contribution is -0.135. The highest BCUT2D eigenvalue weighted by Gasteiger charge is 2.05. The molecule has 0 atom stereocenters. The second-order valence-electron chi connectivity index (χ2n) is 2.39. The molecule has 0 aliphatic heterocycles. The number of hydrogen-bond donors (Lipinski definition) is 0. The molecule has 0 saturated carbocycles. The molecule has 0 N–H and O–H groups in total. The summed E-state index contributed by atoms with van der Waals surface area (Å²) in [7, 11) is 0. The summed E-state index contributed by atoms with van der Waals surface area (Å²) in [6, 6.07) is 0. The number of nitrogens with zero attached hydrogens (tertiary/aromatic N) is 3. The Kier molecular flexibility index (Phi) is 5.65. The van der Waals surface area contributed by atoms with Gasteiger partial charge >= 0.3 is 0 Å². The van der Waals surface area contributed by atoms with Crippen molar-refractivity contribution in [2.45, 2.75) is 26.2 Å². The standard InChI is InChI=1S/C7H11N3O2/c1-6(11)7(12)4-2-3-5-9-10-8/h2-5H2,1H3. The first-order valence-corrected chi connectivity index (χ1v) is 3.73. The van der Waals surface area contributed by atoms with E-state index in [0.717, 1.165) is 0 Å². The van der Waals surface area contributed by atoms with Crippen LogP contribution in [0.3, 0.4) is 0 Å². The van der Waals surface area contributed by atoms with Gasteiger partial charge in [-0.25, -0.2) is 0 Å². The van der Waals surface area contributed by atoms with Crippen LogP contribution >= 0.6 is 0 Å². The molecule has 0 bridgehead atoms. The molecular weight excluding hydrogens is 158 g/mol. The average Bonchev–Trinajstić information content (AvgIpc) is 2.03. The van der Waals surface area contributed by atoms with Gasteiger partial charge in [0.2, 0.25) is 0 Å². The molecule has 0 unspecified atom stereocenters. The molecule has 12 heavy (non-hydrogen) atoms. The van der Waals surface area contributed by atoms with Crippen LogP contribution in [0.4, 0.5) is 0 Å². The van der Waals surface area contributed by atoms with E-state index in [4.69, 9.17) is 5.53 Å². The van der Waals surface area contributed by atoms with E-state index >= 15 is 0 Å². The first kappa shape index (κ1) is 10.7. The SMILES string of the molecule is CC(=O)C(=O)CCCCN=[N+]=[N-]. The molecule has 0 amide bonds. The van der Waals surface area contributed by atoms with Crippen LogP contribution in [0.2, 0.25) is 0 Å². The van der Waals surface area contributed by atoms with Crippen LogP contribution in [0.25, 0.3) is 10.4 Å². The smallest absolute Gasteiger partial charge is 0.198 e. The Morgan fingerprint density at radius 3 is 2.58 bits per heavy atom. The van der Waals surface area contributed by atoms with Crippen LogP contribution in [0.5, 0.6) is 0 Å². The van der Waals surface area contributed by atoms with E-state index in [1.165, 1.54) is 6.92 Å². The van der Waals surface area contributed by atoms with Crippen LogP contribution in [-0.4, -0.2) is 18.1 Å². The van der Waals surface area contributed by atoms with Crippen LogP contribution < -0.4 is 0 Å². The maximum Gasteiger partial charge on any atom is 0.198 e. The number of hydrogen-bond acceptors (Lipinski definition) is 3. The predicted molar refractivity (Wildman–Crippen MR) is 43.6 cm³/mol. The van der Waals surface area contributed by atoms with Gasteiger partial charge in [0.15, 0.2) is 11.6 Å². The van der Waals surface area contributed by atoms with Gasteiger partial charge in [0, 0.05) is 24.8 Å². The zero-order chi connectivity index (χ0) is 9.40. The predicted octanol–water partition coefficient (Wildman–Crippen LogP) is 1.63. The van der Waals surface area contributed by atoms with Crippen molar-refractivity contribution in [2.24, 2.45) is 5.11 Å². The van der Waals surface area contributed by atoms with Crippen LogP contribution in [0.15, 0.2) is 5.11 Å². The fourth-order valence-electron chi connectivity index (χ4n) is 0.689. The van der Waals surface area contributed by atoms with Gasteiger partial charge in [-0.2, -0.15) is 0 Å². The van der Waals surface area contributed by atoms with E-state index in [9.17, 15) is 9.59 Å². The van der Waals surface area contributed by atoms with E-state index in [0.29, 0.717) is 19.4 Å². The average molecular weight is 169 g/mol. The van der Waals surface area contributed by atoms with Crippen LogP contribution in [0, 0.1) is 0 Å². The Balaban J connectivity index is 3.37. The summed E-state index contributed by atoms with van der Waals surface area (Å²) in [5.41, 5.74) is 7.90. The van der Waals surface area contributed by atoms with E-state index in [2.05, 4.69) is 10.0 Å². The number of unbranched alkanes of at least 4 members (excludes halogenated alkanes) is 1. The summed E-state index contributed by atoms with van der Waals surface area (Å²) in [6.07, 6.45) is 1.52. The molecule has 0 saturated heterocycles. The third-order valence-corrected chi connectivity index (χ3v) is 1.37. The van der Waals surface area contributed by atoms with E-state index in [1.807, 2.05) is 0 Å². The van der Waals surface area contributed by atoms with Crippen LogP contribution in [-0.2, 0) is 9.59 Å². The molecule has 0 spiro atoms. The summed E-state index contributed by atoms with van der Waals surface area (Å²) in [5.74, 6) is -0.755. The second-order valence-corrected chi connectivity index (χ2v) is 2.39. The van der Waals surface area contributed by atoms with E-state index in [1.54, 1.807) is 0 Å². The number of carbonyl (C=O) groups excluding carboxylic acids is 2. The highest BCUT2D eigenvalue weighted by atomic mass is 16.2. The van der Waals surface area contributed by atoms with Crippen molar-refractivity contribution in [1.29, 1.82) is 0 Å². The third kappa shape index (κ3) is 5.44. The van der Waals surface area contributed by atoms with Crippen molar-refractivity contribution in [3.63, 3.8) is 0 Å². The van der Waals surface area contributed by atoms with Crippen molar-refractivity contribution >= 4 is 11.6 Å². The van der Waals surface area contributed by atoms with Crippen molar-refractivity contribution in [2.75, 3.05) is 6.54 Å². The summed E-state index contributed by atoms with van der Waals surface area (Å²) in [4.78, 5) is 23.7. The largest absolute Gasteiger partial charge is 0.291 e. The molecule has 5 heteroatoms. The summed E-state index contributed by atoms with van der Waals surface area (Å²) in [6.45, 7) is 1.65. The van der Waals surface area contributed by atoms with Gasteiger partial charge in [-0.05, 0) is 18.4 Å². The Labute approximate surface area is 70.4 Å². The number of rotatable bonds is 6. The molecule has 0 heterocycles. The van der Waals surface area contributed by atoms with Crippen molar-refractivity contribution < 1.29 is 9.59 Å². The van der Waals surface area contributed by atoms with Gasteiger partial charge in [-0.1, -0.05) is 5.11 Å². The molecule has 66 valence electrons. The van der Waals surface area contributed by atoms with Gasteiger partial charge in [0.05, 0.1) is 0 Å². The van der Waals surface area contributed by atoms with Gasteiger partial charge in [-0.3, -0.25) is 9.59 Å². The monoisotopic (exact) mass is 169 g/mol. The zero-order valence-corrected chi connectivity index (χ0v) is 6.99. The van der Waals surface area contributed by atoms with Gasteiger partial charge < -0.3 is 0 Å². The van der Waals surface area contributed by atoms with Gasteiger partial charge in [0.25, 0.3) is 0 Å². The summed E-state index contributed by atoms with van der Waals surface area (Å²) >= 11 is 0. The lowest BCUT2D eigenvalue weighted by Gasteiger charge is -1.93. The maximum atomic E-state index is 10.7. The molecule has 0 rings (SSSR count). The normalized spacial score (nSPS) is 8.75. The van der Waals surface area contributed by atoms with Crippen molar-refractivity contribution in [3.05, 3.63) is 10.4 Å². The molecule has 0 aromatic carbocycles. The number of azide groups is 1. The highest BCUT2D eigenvalue weighted by Crippen LogP contribution is 1.97. The molecular formula is C7H11N3O2. The highest BCUT2D eigenvalue weighted by molar-refractivity contribution is 6.36. The first-order chi connectivity index (χ1) is 5.68. The van der Waals surface area contributed by atoms with Crippen molar-refractivity contribution in [3.8, 4) is 0 Å². The van der Waals surface area contributed by atoms with Crippen molar-refractivity contribution in [1.82, 2.24) is 0 Å². The number of ketones is 2. The number of Topliss-reactive ketones (excluding diaryl/α,β-unsaturated/α-hetero) is 2. The Hall–Kier alpha value is -1.35. The zero-order valence-electron chi connectivity index (χ0n) is 6.99. The summed E-state index contributed by atoms with van der Waals surface area (Å²) in [5, 5.41) is 3.30. The maximum absolute atomic E-state index is 10.7. The number of carbonyl (C=O) groups is 2. The van der Waals surface area contributed by atoms with E-state index in [-0.39, 0.29) is 12.2 Å². The first-order valence-electron chi connectivity index (χ1n) is 3.73. The second kappa shape index (κ2) is 6.37. The molecule has 5 nitrogen and oxygen atoms in total. The molecule has 0 fully saturated rings. The molecule has 0 aromatic heterocycles. The Morgan fingerprint density at radius 2 is 2.08 bits per heavy atom. The lowest BCUT2D eigenvalue weighted by Crippen LogP contribution is -2.08. The minimum Gasteiger partial charge on any atom is -0.291 e. The Bertz CT molecular complexity index is 219. The van der Waals surface area contributed by atoms with E-state index < -0.39 is 5.78 Å². The van der Waals surface area contributed by atoms with Crippen LogP contribution in [0.1, 0.15) is 26.2 Å². The topological polar surface area (TPSA) is 82.9 Å². The molecule has 0 aromatic rings. The molecule has 0 radical (unpaired) electrons. The minimum atomic E-state index is -0.404. The molecule has 0 aliphatic carbocycles. The molecule has 0 aliphatic rings. The fourth-order valence-corrected chi connectivity index (χ4v) is 0.689. The fraction of sp³-hybridized carbons (Fsp3) is 0.714. The van der Waals surface area contributed by atoms with Gasteiger partial charge in [0.1, 0.15) is 0 Å². The summed E-state index contributed by atoms with van der Waals surface area (Å²) < 4.78 is 0. The Morgan fingerprint density at radius 1 is 1.42 bits per heavy atom. The lowest BCUT2D eigenvalue weighted by atomic mass is 10.1. The minimum absolute atomic E-state index is 0.260. The quantitative estimate of drug-likeness (QED) is 0.199. The third-order valence-electron chi connectivity index (χ3n) is 1.37.